The molecule has 1 fully saturated rings. The third-order valence-corrected chi connectivity index (χ3v) is 4.86. The van der Waals surface area contributed by atoms with E-state index in [1.54, 1.807) is 0 Å². The summed E-state index contributed by atoms with van der Waals surface area (Å²) in [5, 5.41) is 2.53. The van der Waals surface area contributed by atoms with Gasteiger partial charge in [-0.05, 0) is 23.1 Å². The highest BCUT2D eigenvalue weighted by atomic mass is 19.4. The molecule has 2 aromatic carbocycles. The lowest BCUT2D eigenvalue weighted by atomic mass is 10.0. The average Bonchev–Trinajstić information content (AvgIpc) is 3.16. The smallest absolute Gasteiger partial charge is 0.422 e. The van der Waals surface area contributed by atoms with Crippen LogP contribution in [0.2, 0.25) is 0 Å². The molecule has 7 heteroatoms. The van der Waals surface area contributed by atoms with Crippen molar-refractivity contribution < 1.29 is 27.1 Å². The Kier molecular flexibility index (Phi) is 4.88. The predicted molar refractivity (Wildman–Crippen MR) is 93.0 cm³/mol. The second-order valence-corrected chi connectivity index (χ2v) is 7.22. The number of rotatable bonds is 5. The van der Waals surface area contributed by atoms with Crippen molar-refractivity contribution in [2.75, 3.05) is 11.9 Å². The lowest BCUT2D eigenvalue weighted by Crippen LogP contribution is -2.21. The Bertz CT molecular complexity index is 834. The number of ether oxygens (including phenoxy) is 1. The van der Waals surface area contributed by atoms with E-state index in [-0.39, 0.29) is 34.6 Å². The van der Waals surface area contributed by atoms with Crippen LogP contribution in [0.1, 0.15) is 25.3 Å². The normalized spacial score (nSPS) is 20.8. The Morgan fingerprint density at radius 1 is 1.15 bits per heavy atom. The third-order valence-electron chi connectivity index (χ3n) is 4.86. The van der Waals surface area contributed by atoms with Crippen molar-refractivity contribution in [3.05, 3.63) is 59.9 Å². The van der Waals surface area contributed by atoms with Crippen molar-refractivity contribution >= 4 is 11.6 Å². The lowest BCUT2D eigenvalue weighted by molar-refractivity contribution is -0.153. The van der Waals surface area contributed by atoms with Gasteiger partial charge in [0.15, 0.2) is 6.61 Å². The van der Waals surface area contributed by atoms with E-state index in [2.05, 4.69) is 5.32 Å². The Hall–Kier alpha value is -2.57. The summed E-state index contributed by atoms with van der Waals surface area (Å²) in [7, 11) is 0. The molecule has 3 nitrogen and oxygen atoms in total. The molecule has 3 rings (SSSR count). The molecule has 0 saturated heterocycles. The number of hydrogen-bond acceptors (Lipinski definition) is 2. The summed E-state index contributed by atoms with van der Waals surface area (Å²) in [5.41, 5.74) is 0.584. The van der Waals surface area contributed by atoms with Gasteiger partial charge in [0, 0.05) is 12.0 Å². The minimum absolute atomic E-state index is 0.0215. The second kappa shape index (κ2) is 6.87. The summed E-state index contributed by atoms with van der Waals surface area (Å²) in [4.78, 5) is 12.7. The van der Waals surface area contributed by atoms with Crippen LogP contribution in [0.5, 0.6) is 5.75 Å². The third kappa shape index (κ3) is 4.23. The van der Waals surface area contributed by atoms with Crippen LogP contribution >= 0.6 is 0 Å². The minimum atomic E-state index is -4.54. The van der Waals surface area contributed by atoms with Crippen LogP contribution in [0.15, 0.2) is 48.5 Å². The van der Waals surface area contributed by atoms with E-state index in [0.29, 0.717) is 0 Å². The monoisotopic (exact) mass is 381 g/mol. The molecule has 1 aliphatic rings. The van der Waals surface area contributed by atoms with E-state index >= 15 is 0 Å². The van der Waals surface area contributed by atoms with Gasteiger partial charge in [0.2, 0.25) is 5.91 Å². The zero-order valence-corrected chi connectivity index (χ0v) is 14.8. The van der Waals surface area contributed by atoms with Crippen molar-refractivity contribution in [2.45, 2.75) is 25.9 Å². The van der Waals surface area contributed by atoms with Gasteiger partial charge >= 0.3 is 6.18 Å². The maximum absolute atomic E-state index is 13.6. The number of halogens is 4. The molecule has 1 saturated carbocycles. The first-order valence-electron chi connectivity index (χ1n) is 8.44. The van der Waals surface area contributed by atoms with E-state index in [9.17, 15) is 22.4 Å². The number of carbonyl (C=O) groups is 1. The molecule has 1 aliphatic carbocycles. The number of anilines is 1. The Labute approximate surface area is 154 Å². The van der Waals surface area contributed by atoms with Gasteiger partial charge in [-0.1, -0.05) is 44.2 Å². The van der Waals surface area contributed by atoms with Crippen molar-refractivity contribution in [1.29, 1.82) is 0 Å². The van der Waals surface area contributed by atoms with Crippen LogP contribution < -0.4 is 10.1 Å². The van der Waals surface area contributed by atoms with Gasteiger partial charge in [0.1, 0.15) is 11.6 Å². The molecule has 0 bridgehead atoms. The maximum Gasteiger partial charge on any atom is 0.422 e. The highest BCUT2D eigenvalue weighted by Crippen LogP contribution is 2.64. The summed E-state index contributed by atoms with van der Waals surface area (Å²) < 4.78 is 55.5. The highest BCUT2D eigenvalue weighted by molar-refractivity contribution is 5.97. The van der Waals surface area contributed by atoms with Crippen LogP contribution in [-0.2, 0) is 4.79 Å². The summed E-state index contributed by atoms with van der Waals surface area (Å²) in [6, 6.07) is 12.5. The fraction of sp³-hybridized carbons (Fsp3) is 0.350. The minimum Gasteiger partial charge on any atom is -0.482 e. The predicted octanol–water partition coefficient (Wildman–Crippen LogP) is 5.15. The SMILES string of the molecule is CC1(C)C(C(=O)Nc2cc(F)ccc2OCC(F)(F)F)C1c1ccccc1. The van der Waals surface area contributed by atoms with Gasteiger partial charge in [-0.2, -0.15) is 13.2 Å². The Morgan fingerprint density at radius 2 is 1.81 bits per heavy atom. The molecular formula is C20H19F4NO2. The molecule has 1 amide bonds. The fourth-order valence-electron chi connectivity index (χ4n) is 3.51. The summed E-state index contributed by atoms with van der Waals surface area (Å²) in [5.74, 6) is -1.68. The highest BCUT2D eigenvalue weighted by Gasteiger charge is 2.62. The van der Waals surface area contributed by atoms with Gasteiger partial charge in [-0.25, -0.2) is 4.39 Å². The summed E-state index contributed by atoms with van der Waals surface area (Å²) in [6.07, 6.45) is -4.54. The largest absolute Gasteiger partial charge is 0.482 e. The number of benzene rings is 2. The van der Waals surface area contributed by atoms with E-state index in [0.717, 1.165) is 23.8 Å². The van der Waals surface area contributed by atoms with Crippen LogP contribution in [0.4, 0.5) is 23.2 Å². The van der Waals surface area contributed by atoms with E-state index in [4.69, 9.17) is 4.74 Å². The van der Waals surface area contributed by atoms with Gasteiger partial charge in [0.05, 0.1) is 11.6 Å². The molecule has 2 unspecified atom stereocenters. The van der Waals surface area contributed by atoms with Gasteiger partial charge in [0.25, 0.3) is 0 Å². The topological polar surface area (TPSA) is 38.3 Å². The number of alkyl halides is 3. The average molecular weight is 381 g/mol. The van der Waals surface area contributed by atoms with Crippen molar-refractivity contribution in [2.24, 2.45) is 11.3 Å². The molecule has 0 spiro atoms. The molecule has 27 heavy (non-hydrogen) atoms. The number of amides is 1. The van der Waals surface area contributed by atoms with E-state index in [1.165, 1.54) is 0 Å². The molecule has 1 N–H and O–H groups in total. The van der Waals surface area contributed by atoms with Gasteiger partial charge < -0.3 is 10.1 Å². The number of hydrogen-bond donors (Lipinski definition) is 1. The van der Waals surface area contributed by atoms with Crippen LogP contribution in [0.25, 0.3) is 0 Å². The Morgan fingerprint density at radius 3 is 2.44 bits per heavy atom. The first kappa shape index (κ1) is 19.2. The molecule has 0 heterocycles. The van der Waals surface area contributed by atoms with Crippen LogP contribution in [0, 0.1) is 17.2 Å². The Balaban J connectivity index is 1.77. The van der Waals surface area contributed by atoms with Crippen molar-refractivity contribution in [3.63, 3.8) is 0 Å². The zero-order chi connectivity index (χ0) is 19.8. The second-order valence-electron chi connectivity index (χ2n) is 7.22. The van der Waals surface area contributed by atoms with Crippen molar-refractivity contribution in [3.8, 4) is 5.75 Å². The molecule has 144 valence electrons. The molecule has 0 aromatic heterocycles. The zero-order valence-electron chi connectivity index (χ0n) is 14.8. The summed E-state index contributed by atoms with van der Waals surface area (Å²) >= 11 is 0. The van der Waals surface area contributed by atoms with Gasteiger partial charge in [-0.15, -0.1) is 0 Å². The van der Waals surface area contributed by atoms with E-state index in [1.807, 2.05) is 44.2 Å². The maximum atomic E-state index is 13.6. The summed E-state index contributed by atoms with van der Waals surface area (Å²) in [6.45, 7) is 2.37. The van der Waals surface area contributed by atoms with E-state index < -0.39 is 18.6 Å². The quantitative estimate of drug-likeness (QED) is 0.728. The standard InChI is InChI=1S/C20H19F4NO2/c1-19(2)16(12-6-4-3-5-7-12)17(19)18(26)25-14-10-13(21)8-9-15(14)27-11-20(22,23)24/h3-10,16-17H,11H2,1-2H3,(H,25,26). The lowest BCUT2D eigenvalue weighted by Gasteiger charge is -2.14. The van der Waals surface area contributed by atoms with Crippen LogP contribution in [-0.4, -0.2) is 18.7 Å². The fourth-order valence-corrected chi connectivity index (χ4v) is 3.51. The van der Waals surface area contributed by atoms with Gasteiger partial charge in [-0.3, -0.25) is 4.79 Å². The molecule has 2 atom stereocenters. The molecular weight excluding hydrogens is 362 g/mol. The molecule has 2 aromatic rings. The molecule has 0 radical (unpaired) electrons. The first-order valence-corrected chi connectivity index (χ1v) is 8.44. The molecule has 0 aliphatic heterocycles. The number of nitrogens with one attached hydrogen (secondary N) is 1. The van der Waals surface area contributed by atoms with Crippen LogP contribution in [0.3, 0.4) is 0 Å². The van der Waals surface area contributed by atoms with Crippen molar-refractivity contribution in [1.82, 2.24) is 0 Å². The first-order chi connectivity index (χ1) is 12.6. The number of carbonyl (C=O) groups excluding carboxylic acids is 1.